The van der Waals surface area contributed by atoms with Gasteiger partial charge in [-0.15, -0.1) is 0 Å². The number of piperidine rings is 1. The first-order chi connectivity index (χ1) is 12.3. The molecule has 1 aliphatic rings. The summed E-state index contributed by atoms with van der Waals surface area (Å²) in [6, 6.07) is 7.92. The van der Waals surface area contributed by atoms with Gasteiger partial charge in [0, 0.05) is 42.6 Å². The summed E-state index contributed by atoms with van der Waals surface area (Å²) in [5.41, 5.74) is 3.46. The highest BCUT2D eigenvalue weighted by molar-refractivity contribution is 6.30. The smallest absolute Gasteiger partial charge is 0.0946 e. The van der Waals surface area contributed by atoms with Crippen molar-refractivity contribution in [2.24, 2.45) is 5.92 Å². The Balaban J connectivity index is 1.43. The molecule has 1 fully saturated rings. The largest absolute Gasteiger partial charge is 0.337 e. The lowest BCUT2D eigenvalue weighted by atomic mass is 9.97. The van der Waals surface area contributed by atoms with Gasteiger partial charge < -0.3 is 4.57 Å². The number of H-pyrrole nitrogens is 1. The van der Waals surface area contributed by atoms with Gasteiger partial charge >= 0.3 is 0 Å². The van der Waals surface area contributed by atoms with E-state index >= 15 is 0 Å². The van der Waals surface area contributed by atoms with Gasteiger partial charge in [-0.3, -0.25) is 10.00 Å². The second-order valence-corrected chi connectivity index (χ2v) is 7.22. The number of nitrogens with zero attached hydrogens (tertiary/aromatic N) is 4. The number of aromatic amines is 1. The van der Waals surface area contributed by atoms with Crippen LogP contribution in [0.1, 0.15) is 18.4 Å². The quantitative estimate of drug-likeness (QED) is 0.756. The minimum Gasteiger partial charge on any atom is -0.337 e. The summed E-state index contributed by atoms with van der Waals surface area (Å²) in [5.74, 6) is 0.675. The van der Waals surface area contributed by atoms with Gasteiger partial charge in [-0.25, -0.2) is 4.98 Å². The van der Waals surface area contributed by atoms with Gasteiger partial charge in [0.1, 0.15) is 0 Å². The number of imidazole rings is 1. The number of benzene rings is 1. The third-order valence-corrected chi connectivity index (χ3v) is 5.13. The summed E-state index contributed by atoms with van der Waals surface area (Å²) in [7, 11) is 0. The average molecular weight is 356 g/mol. The van der Waals surface area contributed by atoms with E-state index in [1.54, 1.807) is 0 Å². The molecule has 25 heavy (non-hydrogen) atoms. The molecule has 1 unspecified atom stereocenters. The second-order valence-electron chi connectivity index (χ2n) is 6.78. The number of hydrogen-bond acceptors (Lipinski definition) is 3. The summed E-state index contributed by atoms with van der Waals surface area (Å²) in [5, 5.41) is 8.17. The predicted molar refractivity (Wildman–Crippen MR) is 99.3 cm³/mol. The van der Waals surface area contributed by atoms with Crippen molar-refractivity contribution in [2.75, 3.05) is 13.1 Å². The first kappa shape index (κ1) is 16.4. The normalized spacial score (nSPS) is 18.5. The van der Waals surface area contributed by atoms with Gasteiger partial charge in [0.05, 0.1) is 18.2 Å². The average Bonchev–Trinajstić information content (AvgIpc) is 3.28. The molecule has 2 aromatic heterocycles. The number of halogens is 1. The summed E-state index contributed by atoms with van der Waals surface area (Å²) in [4.78, 5) is 6.68. The van der Waals surface area contributed by atoms with Crippen molar-refractivity contribution in [3.8, 4) is 11.3 Å². The molecule has 5 nitrogen and oxygen atoms in total. The summed E-state index contributed by atoms with van der Waals surface area (Å²) in [6.45, 7) is 4.23. The van der Waals surface area contributed by atoms with E-state index in [0.717, 1.165) is 42.5 Å². The zero-order valence-electron chi connectivity index (χ0n) is 14.1. The van der Waals surface area contributed by atoms with Crippen molar-refractivity contribution in [3.63, 3.8) is 0 Å². The number of rotatable bonds is 5. The van der Waals surface area contributed by atoms with Crippen LogP contribution in [0.4, 0.5) is 0 Å². The molecular formula is C19H22ClN5. The van der Waals surface area contributed by atoms with Crippen molar-refractivity contribution in [3.05, 3.63) is 59.8 Å². The van der Waals surface area contributed by atoms with Gasteiger partial charge in [0.15, 0.2) is 0 Å². The Labute approximate surface area is 152 Å². The first-order valence-electron chi connectivity index (χ1n) is 8.74. The highest BCUT2D eigenvalue weighted by atomic mass is 35.5. The van der Waals surface area contributed by atoms with E-state index in [9.17, 15) is 0 Å². The molecule has 1 saturated heterocycles. The highest BCUT2D eigenvalue weighted by Gasteiger charge is 2.21. The van der Waals surface area contributed by atoms with Crippen molar-refractivity contribution in [1.29, 1.82) is 0 Å². The van der Waals surface area contributed by atoms with E-state index in [0.29, 0.717) is 5.92 Å². The Kier molecular flexibility index (Phi) is 4.85. The molecule has 3 heterocycles. The zero-order valence-corrected chi connectivity index (χ0v) is 14.9. The molecule has 130 valence electrons. The van der Waals surface area contributed by atoms with Crippen LogP contribution in [0.2, 0.25) is 5.02 Å². The van der Waals surface area contributed by atoms with E-state index in [-0.39, 0.29) is 0 Å². The van der Waals surface area contributed by atoms with Crippen molar-refractivity contribution in [1.82, 2.24) is 24.6 Å². The van der Waals surface area contributed by atoms with Crippen LogP contribution in [-0.4, -0.2) is 37.7 Å². The van der Waals surface area contributed by atoms with Crippen LogP contribution < -0.4 is 0 Å². The van der Waals surface area contributed by atoms with Gasteiger partial charge in [-0.1, -0.05) is 23.7 Å². The Morgan fingerprint density at radius 1 is 1.24 bits per heavy atom. The number of likely N-dealkylation sites (tertiary alicyclic amines) is 1. The third-order valence-electron chi connectivity index (χ3n) is 4.88. The van der Waals surface area contributed by atoms with E-state index in [4.69, 9.17) is 11.6 Å². The molecule has 0 spiro atoms. The highest BCUT2D eigenvalue weighted by Crippen LogP contribution is 2.26. The van der Waals surface area contributed by atoms with Crippen molar-refractivity contribution < 1.29 is 0 Å². The van der Waals surface area contributed by atoms with Crippen LogP contribution in [-0.2, 0) is 13.1 Å². The maximum atomic E-state index is 6.00. The topological polar surface area (TPSA) is 49.7 Å². The lowest BCUT2D eigenvalue weighted by molar-refractivity contribution is 0.156. The van der Waals surface area contributed by atoms with Gasteiger partial charge in [-0.05, 0) is 43.0 Å². The lowest BCUT2D eigenvalue weighted by Crippen LogP contribution is -2.36. The fourth-order valence-corrected chi connectivity index (χ4v) is 3.80. The van der Waals surface area contributed by atoms with Crippen molar-refractivity contribution in [2.45, 2.75) is 25.9 Å². The Hall–Kier alpha value is -2.11. The van der Waals surface area contributed by atoms with Gasteiger partial charge in [0.2, 0.25) is 0 Å². The Morgan fingerprint density at radius 2 is 2.12 bits per heavy atom. The number of hydrogen-bond donors (Lipinski definition) is 1. The summed E-state index contributed by atoms with van der Waals surface area (Å²) < 4.78 is 2.19. The van der Waals surface area contributed by atoms with Crippen LogP contribution >= 0.6 is 11.6 Å². The molecule has 1 aliphatic heterocycles. The second kappa shape index (κ2) is 7.42. The van der Waals surface area contributed by atoms with Crippen LogP contribution in [0.15, 0.2) is 49.2 Å². The fraction of sp³-hybridized carbons (Fsp3) is 0.368. The Morgan fingerprint density at radius 3 is 2.92 bits per heavy atom. The molecule has 3 aromatic rings. The minimum absolute atomic E-state index is 0.675. The standard InChI is InChI=1S/C19H22ClN5/c20-18-5-3-16(4-6-18)19-17(10-22-23-19)13-24-8-1-2-15(11-24)12-25-9-7-21-14-25/h3-7,9-10,14-15H,1-2,8,11-13H2,(H,22,23). The van der Waals surface area contributed by atoms with Gasteiger partial charge in [-0.2, -0.15) is 5.10 Å². The van der Waals surface area contributed by atoms with E-state index in [2.05, 4.69) is 24.6 Å². The Bertz CT molecular complexity index is 794. The molecule has 1 atom stereocenters. The maximum Gasteiger partial charge on any atom is 0.0946 e. The molecule has 0 amide bonds. The molecule has 4 rings (SSSR count). The monoisotopic (exact) mass is 355 g/mol. The van der Waals surface area contributed by atoms with Crippen LogP contribution in [0, 0.1) is 5.92 Å². The summed E-state index contributed by atoms with van der Waals surface area (Å²) in [6.07, 6.45) is 10.3. The predicted octanol–water partition coefficient (Wildman–Crippen LogP) is 3.84. The molecule has 1 N–H and O–H groups in total. The van der Waals surface area contributed by atoms with Gasteiger partial charge in [0.25, 0.3) is 0 Å². The fourth-order valence-electron chi connectivity index (χ4n) is 3.68. The van der Waals surface area contributed by atoms with E-state index in [1.807, 2.05) is 49.2 Å². The van der Waals surface area contributed by atoms with Crippen LogP contribution in [0.25, 0.3) is 11.3 Å². The number of nitrogens with one attached hydrogen (secondary N) is 1. The number of aromatic nitrogens is 4. The summed E-state index contributed by atoms with van der Waals surface area (Å²) >= 11 is 6.00. The lowest BCUT2D eigenvalue weighted by Gasteiger charge is -2.32. The molecule has 0 aliphatic carbocycles. The molecule has 0 bridgehead atoms. The molecule has 6 heteroatoms. The van der Waals surface area contributed by atoms with E-state index in [1.165, 1.54) is 18.4 Å². The third kappa shape index (κ3) is 3.94. The molecule has 0 radical (unpaired) electrons. The molecule has 0 saturated carbocycles. The minimum atomic E-state index is 0.675. The first-order valence-corrected chi connectivity index (χ1v) is 9.12. The van der Waals surface area contributed by atoms with Crippen molar-refractivity contribution >= 4 is 11.6 Å². The zero-order chi connectivity index (χ0) is 17.1. The molecular weight excluding hydrogens is 334 g/mol. The maximum absolute atomic E-state index is 6.00. The van der Waals surface area contributed by atoms with Crippen LogP contribution in [0.3, 0.4) is 0 Å². The van der Waals surface area contributed by atoms with E-state index < -0.39 is 0 Å². The van der Waals surface area contributed by atoms with Crippen LogP contribution in [0.5, 0.6) is 0 Å². The molecule has 1 aromatic carbocycles. The SMILES string of the molecule is Clc1ccc(-c2[nH]ncc2CN2CCCC(Cn3ccnc3)C2)cc1.